The van der Waals surface area contributed by atoms with Gasteiger partial charge in [0.05, 0.1) is 6.42 Å². The standard InChI is InChI=1S/C17H23NO2.C16H22ClFN2O.C3H6/c19-17(20)16(11-13-5-4-6-13)18-10-9-15(12-18)14-7-2-1-3-8-14;1-3-20(14-6-8-19(2)9-7-14)16(21)10-12-4-5-13(18)11-15(12)17;1-3-2/h1-3,7-8,13,15-16H,4-6,9-12H2,(H,19,20);4-5,11,14H,3,6-10H2,1-2H3;3H,1H2,2H3/t15-,16-;;/m1../s1. The molecule has 3 aliphatic rings. The Labute approximate surface area is 268 Å². The molecule has 6 nitrogen and oxygen atoms in total. The first-order valence-corrected chi connectivity index (χ1v) is 16.5. The summed E-state index contributed by atoms with van der Waals surface area (Å²) < 4.78 is 13.1. The fourth-order valence-corrected chi connectivity index (χ4v) is 6.63. The van der Waals surface area contributed by atoms with Crippen LogP contribution in [0.25, 0.3) is 0 Å². The zero-order valence-corrected chi connectivity index (χ0v) is 27.5. The van der Waals surface area contributed by atoms with Crippen molar-refractivity contribution in [1.29, 1.82) is 0 Å². The minimum absolute atomic E-state index is 0.0700. The number of carbonyl (C=O) groups is 2. The maximum atomic E-state index is 13.1. The number of hydrogen-bond acceptors (Lipinski definition) is 4. The number of nitrogens with zero attached hydrogens (tertiary/aromatic N) is 3. The molecule has 242 valence electrons. The number of carboxylic acids is 1. The van der Waals surface area contributed by atoms with Crippen LogP contribution < -0.4 is 0 Å². The van der Waals surface area contributed by atoms with Gasteiger partial charge in [-0.25, -0.2) is 4.39 Å². The van der Waals surface area contributed by atoms with E-state index in [2.05, 4.69) is 47.7 Å². The zero-order valence-electron chi connectivity index (χ0n) is 26.8. The smallest absolute Gasteiger partial charge is 0.320 e. The van der Waals surface area contributed by atoms with Crippen LogP contribution in [0.15, 0.2) is 61.2 Å². The summed E-state index contributed by atoms with van der Waals surface area (Å²) in [6.07, 6.45) is 9.65. The first-order chi connectivity index (χ1) is 21.2. The molecular formula is C36H51ClFN3O3. The lowest BCUT2D eigenvalue weighted by Gasteiger charge is -2.37. The number of amides is 1. The van der Waals surface area contributed by atoms with Crippen molar-refractivity contribution in [3.05, 3.63) is 83.2 Å². The van der Waals surface area contributed by atoms with Crippen LogP contribution in [-0.4, -0.2) is 83.5 Å². The van der Waals surface area contributed by atoms with Crippen molar-refractivity contribution >= 4 is 23.5 Å². The summed E-state index contributed by atoms with van der Waals surface area (Å²) in [5.41, 5.74) is 2.04. The highest BCUT2D eigenvalue weighted by molar-refractivity contribution is 6.31. The number of hydrogen-bond donors (Lipinski definition) is 1. The Bertz CT molecular complexity index is 1180. The van der Waals surface area contributed by atoms with Crippen LogP contribution in [0.2, 0.25) is 5.02 Å². The molecule has 1 amide bonds. The monoisotopic (exact) mass is 627 g/mol. The van der Waals surface area contributed by atoms with Crippen LogP contribution in [0, 0.1) is 11.7 Å². The van der Waals surface area contributed by atoms with E-state index in [9.17, 15) is 19.1 Å². The summed E-state index contributed by atoms with van der Waals surface area (Å²) in [5, 5.41) is 9.84. The molecule has 44 heavy (non-hydrogen) atoms. The number of carbonyl (C=O) groups excluding carboxylic acids is 1. The second-order valence-electron chi connectivity index (χ2n) is 12.3. The lowest BCUT2D eigenvalue weighted by atomic mass is 9.80. The highest BCUT2D eigenvalue weighted by Gasteiger charge is 2.35. The number of likely N-dealkylation sites (N-methyl/N-ethyl adjacent to an activating group) is 1. The van der Waals surface area contributed by atoms with Crippen LogP contribution >= 0.6 is 11.6 Å². The van der Waals surface area contributed by atoms with Crippen LogP contribution in [0.4, 0.5) is 4.39 Å². The van der Waals surface area contributed by atoms with Crippen molar-refractivity contribution in [2.75, 3.05) is 39.8 Å². The highest BCUT2D eigenvalue weighted by atomic mass is 35.5. The quantitative estimate of drug-likeness (QED) is 0.296. The lowest BCUT2D eigenvalue weighted by Crippen LogP contribution is -2.47. The summed E-state index contributed by atoms with van der Waals surface area (Å²) in [6.45, 7) is 11.8. The van der Waals surface area contributed by atoms with Crippen molar-refractivity contribution in [3.8, 4) is 0 Å². The van der Waals surface area contributed by atoms with E-state index in [-0.39, 0.29) is 24.2 Å². The van der Waals surface area contributed by atoms with E-state index < -0.39 is 5.97 Å². The maximum Gasteiger partial charge on any atom is 0.320 e. The highest BCUT2D eigenvalue weighted by Crippen LogP contribution is 2.35. The first-order valence-electron chi connectivity index (χ1n) is 16.2. The Hall–Kier alpha value is -2.74. The van der Waals surface area contributed by atoms with Crippen LogP contribution in [0.5, 0.6) is 0 Å². The Morgan fingerprint density at radius 1 is 1.09 bits per heavy atom. The topological polar surface area (TPSA) is 64.1 Å². The molecule has 0 aromatic heterocycles. The number of likely N-dealkylation sites (tertiary alicyclic amines) is 2. The van der Waals surface area contributed by atoms with Crippen molar-refractivity contribution in [2.24, 2.45) is 5.92 Å². The van der Waals surface area contributed by atoms with Crippen LogP contribution in [0.1, 0.15) is 75.8 Å². The molecule has 2 saturated heterocycles. The van der Waals surface area contributed by atoms with Gasteiger partial charge in [0.1, 0.15) is 11.9 Å². The van der Waals surface area contributed by atoms with E-state index in [1.54, 1.807) is 12.1 Å². The van der Waals surface area contributed by atoms with Gasteiger partial charge in [0.15, 0.2) is 0 Å². The minimum Gasteiger partial charge on any atom is -0.480 e. The summed E-state index contributed by atoms with van der Waals surface area (Å²) in [6, 6.07) is 14.7. The summed E-state index contributed by atoms with van der Waals surface area (Å²) in [7, 11) is 2.10. The second-order valence-corrected chi connectivity index (χ2v) is 12.7. The Balaban J connectivity index is 0.000000221. The molecule has 0 radical (unpaired) electrons. The van der Waals surface area contributed by atoms with E-state index in [4.69, 9.17) is 11.6 Å². The van der Waals surface area contributed by atoms with Crippen molar-refractivity contribution < 1.29 is 19.1 Å². The zero-order chi connectivity index (χ0) is 32.1. The van der Waals surface area contributed by atoms with Crippen LogP contribution in [0.3, 0.4) is 0 Å². The van der Waals surface area contributed by atoms with Crippen molar-refractivity contribution in [1.82, 2.24) is 14.7 Å². The Morgan fingerprint density at radius 2 is 1.75 bits per heavy atom. The minimum atomic E-state index is -0.634. The van der Waals surface area contributed by atoms with Crippen LogP contribution in [-0.2, 0) is 16.0 Å². The van der Waals surface area contributed by atoms with Gasteiger partial charge in [0, 0.05) is 24.2 Å². The fraction of sp³-hybridized carbons (Fsp3) is 0.556. The predicted molar refractivity (Wildman–Crippen MR) is 178 cm³/mol. The summed E-state index contributed by atoms with van der Waals surface area (Å²) in [4.78, 5) is 30.5. The molecule has 2 aliphatic heterocycles. The van der Waals surface area contributed by atoms with E-state index in [0.29, 0.717) is 35.0 Å². The van der Waals surface area contributed by atoms with Gasteiger partial charge >= 0.3 is 5.97 Å². The molecule has 3 fully saturated rings. The van der Waals surface area contributed by atoms with E-state index >= 15 is 0 Å². The number of piperidine rings is 1. The van der Waals surface area contributed by atoms with E-state index in [0.717, 1.165) is 51.9 Å². The van der Waals surface area contributed by atoms with E-state index in [1.807, 2.05) is 24.8 Å². The average molecular weight is 628 g/mol. The first kappa shape index (κ1) is 35.7. The molecule has 5 rings (SSSR count). The molecule has 8 heteroatoms. The Morgan fingerprint density at radius 3 is 2.30 bits per heavy atom. The van der Waals surface area contributed by atoms with Crippen molar-refractivity contribution in [3.63, 3.8) is 0 Å². The molecule has 2 aromatic carbocycles. The van der Waals surface area contributed by atoms with Gasteiger partial charge in [-0.1, -0.05) is 73.3 Å². The predicted octanol–water partition coefficient (Wildman–Crippen LogP) is 7.28. The molecule has 1 saturated carbocycles. The molecule has 0 bridgehead atoms. The van der Waals surface area contributed by atoms with Gasteiger partial charge in [-0.2, -0.15) is 0 Å². The van der Waals surface area contributed by atoms with E-state index in [1.165, 1.54) is 37.0 Å². The van der Waals surface area contributed by atoms with Gasteiger partial charge < -0.3 is 14.9 Å². The molecule has 1 N–H and O–H groups in total. The summed E-state index contributed by atoms with van der Waals surface area (Å²) in [5.74, 6) is 0.205. The lowest BCUT2D eigenvalue weighted by molar-refractivity contribution is -0.144. The van der Waals surface area contributed by atoms with Gasteiger partial charge in [0.25, 0.3) is 0 Å². The molecule has 2 atom stereocenters. The number of halogens is 2. The molecule has 1 aliphatic carbocycles. The third kappa shape index (κ3) is 10.7. The second kappa shape index (κ2) is 18.3. The summed E-state index contributed by atoms with van der Waals surface area (Å²) >= 11 is 6.01. The van der Waals surface area contributed by atoms with Crippen molar-refractivity contribution in [2.45, 2.75) is 83.2 Å². The average Bonchev–Trinajstić information content (AvgIpc) is 3.46. The fourth-order valence-electron chi connectivity index (χ4n) is 6.39. The number of aliphatic carboxylic acids is 1. The molecule has 2 aromatic rings. The molecule has 0 unspecified atom stereocenters. The van der Waals surface area contributed by atoms with Gasteiger partial charge in [0.2, 0.25) is 5.91 Å². The molecule has 2 heterocycles. The Kier molecular flexibility index (Phi) is 14.8. The van der Waals surface area contributed by atoms with Gasteiger partial charge in [-0.15, -0.1) is 6.58 Å². The number of carboxylic acid groups (broad SMARTS) is 1. The number of benzene rings is 2. The molecule has 0 spiro atoms. The maximum absolute atomic E-state index is 13.1. The largest absolute Gasteiger partial charge is 0.480 e. The third-order valence-electron chi connectivity index (χ3n) is 9.14. The number of allylic oxidation sites excluding steroid dienone is 1. The van der Waals surface area contributed by atoms with Gasteiger partial charge in [-0.05, 0) is 101 Å². The third-order valence-corrected chi connectivity index (χ3v) is 9.50. The number of rotatable bonds is 9. The normalized spacial score (nSPS) is 19.9. The molecular weight excluding hydrogens is 577 g/mol. The SMILES string of the molecule is C=CC.CCN(C(=O)Cc1ccc(F)cc1Cl)C1CCN(C)CC1.O=C(O)[C@@H](CC1CCC1)N1CC[C@@H](c2ccccc2)C1. The van der Waals surface area contributed by atoms with Gasteiger partial charge in [-0.3, -0.25) is 14.5 Å².